The van der Waals surface area contributed by atoms with Crippen molar-refractivity contribution in [3.05, 3.63) is 77.5 Å². The molecule has 4 rings (SSSR count). The van der Waals surface area contributed by atoms with Gasteiger partial charge in [0.15, 0.2) is 0 Å². The number of ether oxygens (including phenoxy) is 1. The molecule has 0 bridgehead atoms. The van der Waals surface area contributed by atoms with E-state index in [4.69, 9.17) is 9.72 Å². The van der Waals surface area contributed by atoms with Gasteiger partial charge in [0.25, 0.3) is 0 Å². The summed E-state index contributed by atoms with van der Waals surface area (Å²) in [6.45, 7) is 4.52. The van der Waals surface area contributed by atoms with Gasteiger partial charge in [-0.05, 0) is 43.2 Å². The van der Waals surface area contributed by atoms with E-state index in [0.29, 0.717) is 12.5 Å². The molecule has 0 radical (unpaired) electrons. The predicted octanol–water partition coefficient (Wildman–Crippen LogP) is 4.82. The summed E-state index contributed by atoms with van der Waals surface area (Å²) in [6.07, 6.45) is 0. The Bertz CT molecular complexity index is 989. The van der Waals surface area contributed by atoms with E-state index < -0.39 is 0 Å². The molecule has 2 aromatic carbocycles. The van der Waals surface area contributed by atoms with Crippen molar-refractivity contribution in [3.8, 4) is 17.3 Å². The van der Waals surface area contributed by atoms with Crippen molar-refractivity contribution in [3.63, 3.8) is 0 Å². The van der Waals surface area contributed by atoms with Crippen molar-refractivity contribution in [2.75, 3.05) is 0 Å². The maximum Gasteiger partial charge on any atom is 0.225 e. The number of rotatable bonds is 4. The smallest absolute Gasteiger partial charge is 0.225 e. The van der Waals surface area contributed by atoms with Crippen LogP contribution < -0.4 is 4.74 Å². The summed E-state index contributed by atoms with van der Waals surface area (Å²) in [6, 6.07) is 20.2. The standard InChI is InChI=1S/C21H19N3O/c1-14-12-15(2)22-21(25-13-16-8-4-3-5-9-16)19(14)20-23-17-10-6-7-11-18(17)24-20/h3-12H,13H2,1-2H3,(H,23,24). The number of H-pyrrole nitrogens is 1. The molecule has 124 valence electrons. The summed E-state index contributed by atoms with van der Waals surface area (Å²) in [5.74, 6) is 1.40. The molecule has 4 nitrogen and oxygen atoms in total. The predicted molar refractivity (Wildman–Crippen MR) is 99.6 cm³/mol. The maximum atomic E-state index is 6.06. The molecule has 0 saturated carbocycles. The molecule has 0 fully saturated rings. The van der Waals surface area contributed by atoms with Crippen LogP contribution in [0.3, 0.4) is 0 Å². The average molecular weight is 329 g/mol. The van der Waals surface area contributed by atoms with E-state index in [1.165, 1.54) is 0 Å². The summed E-state index contributed by atoms with van der Waals surface area (Å²) in [5, 5.41) is 0. The summed E-state index contributed by atoms with van der Waals surface area (Å²) < 4.78 is 6.06. The minimum absolute atomic E-state index is 0.476. The molecule has 0 aliphatic rings. The van der Waals surface area contributed by atoms with Crippen molar-refractivity contribution in [2.45, 2.75) is 20.5 Å². The minimum Gasteiger partial charge on any atom is -0.472 e. The lowest BCUT2D eigenvalue weighted by Crippen LogP contribution is -2.02. The lowest BCUT2D eigenvalue weighted by molar-refractivity contribution is 0.294. The number of fused-ring (bicyclic) bond motifs is 1. The minimum atomic E-state index is 0.476. The topological polar surface area (TPSA) is 50.8 Å². The quantitative estimate of drug-likeness (QED) is 0.584. The van der Waals surface area contributed by atoms with E-state index in [0.717, 1.165) is 39.2 Å². The Balaban J connectivity index is 1.75. The van der Waals surface area contributed by atoms with Crippen LogP contribution in [0.2, 0.25) is 0 Å². The highest BCUT2D eigenvalue weighted by Gasteiger charge is 2.16. The van der Waals surface area contributed by atoms with Gasteiger partial charge < -0.3 is 9.72 Å². The Hall–Kier alpha value is -3.14. The lowest BCUT2D eigenvalue weighted by Gasteiger charge is -2.12. The molecule has 4 heteroatoms. The molecule has 0 aliphatic heterocycles. The van der Waals surface area contributed by atoms with Crippen LogP contribution in [0, 0.1) is 13.8 Å². The third-order valence-corrected chi connectivity index (χ3v) is 4.16. The van der Waals surface area contributed by atoms with E-state index in [-0.39, 0.29) is 0 Å². The second-order valence-electron chi connectivity index (χ2n) is 6.14. The molecule has 0 saturated heterocycles. The Morgan fingerprint density at radius 3 is 2.48 bits per heavy atom. The molecule has 1 N–H and O–H groups in total. The number of nitrogens with zero attached hydrogens (tertiary/aromatic N) is 2. The molecule has 0 unspecified atom stereocenters. The first-order valence-corrected chi connectivity index (χ1v) is 8.31. The van der Waals surface area contributed by atoms with Crippen LogP contribution in [0.4, 0.5) is 0 Å². The molecule has 0 spiro atoms. The van der Waals surface area contributed by atoms with Crippen molar-refractivity contribution in [1.82, 2.24) is 15.0 Å². The van der Waals surface area contributed by atoms with Gasteiger partial charge in [0.05, 0.1) is 16.6 Å². The lowest BCUT2D eigenvalue weighted by atomic mass is 10.1. The SMILES string of the molecule is Cc1cc(C)c(-c2nc3ccccc3[nH]2)c(OCc2ccccc2)n1. The fourth-order valence-corrected chi connectivity index (χ4v) is 2.99. The summed E-state index contributed by atoms with van der Waals surface area (Å²) in [5.41, 5.74) is 5.99. The molecule has 2 heterocycles. The number of benzene rings is 2. The highest BCUT2D eigenvalue weighted by atomic mass is 16.5. The zero-order valence-electron chi connectivity index (χ0n) is 14.3. The number of nitrogens with one attached hydrogen (secondary N) is 1. The summed E-state index contributed by atoms with van der Waals surface area (Å²) >= 11 is 0. The zero-order valence-corrected chi connectivity index (χ0v) is 14.3. The van der Waals surface area contributed by atoms with Crippen molar-refractivity contribution >= 4 is 11.0 Å². The van der Waals surface area contributed by atoms with Gasteiger partial charge in [-0.3, -0.25) is 0 Å². The van der Waals surface area contributed by atoms with Crippen LogP contribution in [0.25, 0.3) is 22.4 Å². The van der Waals surface area contributed by atoms with Gasteiger partial charge in [-0.15, -0.1) is 0 Å². The highest BCUT2D eigenvalue weighted by Crippen LogP contribution is 2.32. The first-order valence-electron chi connectivity index (χ1n) is 8.31. The third-order valence-electron chi connectivity index (χ3n) is 4.16. The molecule has 0 atom stereocenters. The number of hydrogen-bond acceptors (Lipinski definition) is 3. The van der Waals surface area contributed by atoms with Crippen molar-refractivity contribution in [1.29, 1.82) is 0 Å². The average Bonchev–Trinajstić information content (AvgIpc) is 3.03. The maximum absolute atomic E-state index is 6.06. The van der Waals surface area contributed by atoms with Crippen molar-refractivity contribution in [2.24, 2.45) is 0 Å². The summed E-state index contributed by atoms with van der Waals surface area (Å²) in [7, 11) is 0. The third kappa shape index (κ3) is 3.11. The number of aromatic nitrogens is 3. The van der Waals surface area contributed by atoms with Gasteiger partial charge in [-0.25, -0.2) is 9.97 Å². The largest absolute Gasteiger partial charge is 0.472 e. The van der Waals surface area contributed by atoms with E-state index in [9.17, 15) is 0 Å². The first-order chi connectivity index (χ1) is 12.2. The molecule has 4 aromatic rings. The Morgan fingerprint density at radius 1 is 0.920 bits per heavy atom. The van der Waals surface area contributed by atoms with Gasteiger partial charge in [-0.2, -0.15) is 0 Å². The second-order valence-corrected chi connectivity index (χ2v) is 6.14. The number of hydrogen-bond donors (Lipinski definition) is 1. The monoisotopic (exact) mass is 329 g/mol. The van der Waals surface area contributed by atoms with Crippen LogP contribution in [0.1, 0.15) is 16.8 Å². The van der Waals surface area contributed by atoms with Crippen LogP contribution in [0.5, 0.6) is 5.88 Å². The second kappa shape index (κ2) is 6.40. The number of pyridine rings is 1. The Kier molecular flexibility index (Phi) is 3.94. The normalized spacial score (nSPS) is 11.0. The Morgan fingerprint density at radius 2 is 1.68 bits per heavy atom. The van der Waals surface area contributed by atoms with Gasteiger partial charge >= 0.3 is 0 Å². The fourth-order valence-electron chi connectivity index (χ4n) is 2.99. The molecule has 25 heavy (non-hydrogen) atoms. The van der Waals surface area contributed by atoms with Crippen LogP contribution in [-0.2, 0) is 6.61 Å². The van der Waals surface area contributed by atoms with Gasteiger partial charge in [0.2, 0.25) is 5.88 Å². The summed E-state index contributed by atoms with van der Waals surface area (Å²) in [4.78, 5) is 12.7. The van der Waals surface area contributed by atoms with E-state index in [1.54, 1.807) is 0 Å². The van der Waals surface area contributed by atoms with Crippen LogP contribution in [-0.4, -0.2) is 15.0 Å². The first kappa shape index (κ1) is 15.4. The van der Waals surface area contributed by atoms with E-state index in [2.05, 4.69) is 23.0 Å². The molecular formula is C21H19N3O. The van der Waals surface area contributed by atoms with Crippen molar-refractivity contribution < 1.29 is 4.74 Å². The van der Waals surface area contributed by atoms with Gasteiger partial charge in [-0.1, -0.05) is 42.5 Å². The van der Waals surface area contributed by atoms with Gasteiger partial charge in [0.1, 0.15) is 12.4 Å². The Labute approximate surface area is 146 Å². The fraction of sp³-hybridized carbons (Fsp3) is 0.143. The zero-order chi connectivity index (χ0) is 17.2. The van der Waals surface area contributed by atoms with E-state index in [1.807, 2.05) is 61.5 Å². The molecular weight excluding hydrogens is 310 g/mol. The number of imidazole rings is 1. The molecule has 2 aromatic heterocycles. The van der Waals surface area contributed by atoms with Gasteiger partial charge in [0, 0.05) is 5.69 Å². The molecule has 0 amide bonds. The highest BCUT2D eigenvalue weighted by molar-refractivity contribution is 5.81. The van der Waals surface area contributed by atoms with E-state index >= 15 is 0 Å². The number of aromatic amines is 1. The van der Waals surface area contributed by atoms with Crippen LogP contribution >= 0.6 is 0 Å². The van der Waals surface area contributed by atoms with Crippen LogP contribution in [0.15, 0.2) is 60.7 Å². The molecule has 0 aliphatic carbocycles. The number of aryl methyl sites for hydroxylation is 2. The number of para-hydroxylation sites is 2.